The Bertz CT molecular complexity index is 173. The van der Waals surface area contributed by atoms with Crippen LogP contribution in [0.4, 0.5) is 0 Å². The molecule has 0 amide bonds. The smallest absolute Gasteiger partial charge is 0.329 e. The molecule has 0 aromatic rings. The number of ether oxygens (including phenoxy) is 3. The van der Waals surface area contributed by atoms with E-state index in [1.165, 1.54) is 0 Å². The molecule has 0 radical (unpaired) electrons. The summed E-state index contributed by atoms with van der Waals surface area (Å²) in [4.78, 5) is 10.1. The Morgan fingerprint density at radius 2 is 1.75 bits per heavy atom. The summed E-state index contributed by atoms with van der Waals surface area (Å²) in [6.07, 6.45) is 0.164. The van der Waals surface area contributed by atoms with Crippen LogP contribution >= 0.6 is 0 Å². The van der Waals surface area contributed by atoms with Gasteiger partial charge in [0.05, 0.1) is 26.4 Å². The molecule has 96 valence electrons. The molecule has 0 saturated carbocycles. The standard InChI is InChI=1S/C10H20O6/c1-2-3-14-4-5-15-6-9(11)7-16-8-10(12)13/h9,11H,2-8H2,1H3,(H,12,13). The minimum absolute atomic E-state index is 0.0396. The largest absolute Gasteiger partial charge is 0.480 e. The van der Waals surface area contributed by atoms with Crippen LogP contribution in [0.15, 0.2) is 0 Å². The number of aliphatic carboxylic acids is 1. The minimum atomic E-state index is -1.05. The van der Waals surface area contributed by atoms with E-state index in [1.807, 2.05) is 6.92 Å². The summed E-state index contributed by atoms with van der Waals surface area (Å²) < 4.78 is 15.0. The highest BCUT2D eigenvalue weighted by atomic mass is 16.5. The average molecular weight is 236 g/mol. The third-order valence-corrected chi connectivity index (χ3v) is 1.57. The zero-order valence-electron chi connectivity index (χ0n) is 9.55. The average Bonchev–Trinajstić information content (AvgIpc) is 2.22. The maximum atomic E-state index is 10.1. The van der Waals surface area contributed by atoms with Crippen molar-refractivity contribution in [2.24, 2.45) is 0 Å². The van der Waals surface area contributed by atoms with Gasteiger partial charge in [0.1, 0.15) is 12.7 Å². The molecule has 0 aromatic carbocycles. The molecule has 1 atom stereocenters. The van der Waals surface area contributed by atoms with E-state index in [0.717, 1.165) is 6.42 Å². The van der Waals surface area contributed by atoms with Gasteiger partial charge in [-0.3, -0.25) is 0 Å². The first-order chi connectivity index (χ1) is 7.66. The summed E-state index contributed by atoms with van der Waals surface area (Å²) >= 11 is 0. The molecule has 0 aliphatic heterocycles. The highest BCUT2D eigenvalue weighted by molar-refractivity contribution is 5.67. The van der Waals surface area contributed by atoms with Crippen LogP contribution < -0.4 is 0 Å². The SMILES string of the molecule is CCCOCCOCC(O)COCC(=O)O. The second-order valence-corrected chi connectivity index (χ2v) is 3.25. The Balaban J connectivity index is 3.17. The van der Waals surface area contributed by atoms with Crippen LogP contribution in [0.1, 0.15) is 13.3 Å². The van der Waals surface area contributed by atoms with Crippen LogP contribution in [0.5, 0.6) is 0 Å². The molecule has 0 spiro atoms. The topological polar surface area (TPSA) is 85.2 Å². The van der Waals surface area contributed by atoms with E-state index in [0.29, 0.717) is 19.8 Å². The van der Waals surface area contributed by atoms with Crippen molar-refractivity contribution in [1.29, 1.82) is 0 Å². The molecule has 0 rings (SSSR count). The lowest BCUT2D eigenvalue weighted by Gasteiger charge is -2.10. The molecule has 0 fully saturated rings. The Kier molecular flexibility index (Phi) is 10.3. The van der Waals surface area contributed by atoms with Crippen molar-refractivity contribution in [1.82, 2.24) is 0 Å². The van der Waals surface area contributed by atoms with E-state index in [1.54, 1.807) is 0 Å². The molecule has 6 nitrogen and oxygen atoms in total. The normalized spacial score (nSPS) is 12.6. The number of hydrogen-bond acceptors (Lipinski definition) is 5. The maximum Gasteiger partial charge on any atom is 0.329 e. The molecular weight excluding hydrogens is 216 g/mol. The van der Waals surface area contributed by atoms with Crippen LogP contribution in [0.25, 0.3) is 0 Å². The Morgan fingerprint density at radius 3 is 2.38 bits per heavy atom. The van der Waals surface area contributed by atoms with Crippen LogP contribution in [-0.2, 0) is 19.0 Å². The molecule has 0 aliphatic rings. The van der Waals surface area contributed by atoms with E-state index in [-0.39, 0.29) is 13.2 Å². The number of carboxylic acid groups (broad SMARTS) is 1. The molecule has 1 unspecified atom stereocenters. The monoisotopic (exact) mass is 236 g/mol. The van der Waals surface area contributed by atoms with E-state index < -0.39 is 18.7 Å². The predicted molar refractivity (Wildman–Crippen MR) is 56.4 cm³/mol. The lowest BCUT2D eigenvalue weighted by molar-refractivity contribution is -0.143. The molecular formula is C10H20O6. The van der Waals surface area contributed by atoms with Crippen molar-refractivity contribution < 1.29 is 29.2 Å². The fourth-order valence-electron chi connectivity index (χ4n) is 0.914. The molecule has 0 aliphatic carbocycles. The molecule has 2 N–H and O–H groups in total. The van der Waals surface area contributed by atoms with Gasteiger partial charge in [0.15, 0.2) is 0 Å². The molecule has 6 heteroatoms. The van der Waals surface area contributed by atoms with Crippen LogP contribution in [-0.4, -0.2) is 61.9 Å². The first kappa shape index (κ1) is 15.3. The number of rotatable bonds is 11. The van der Waals surface area contributed by atoms with Gasteiger partial charge in [0.25, 0.3) is 0 Å². The fraction of sp³-hybridized carbons (Fsp3) is 0.900. The van der Waals surface area contributed by atoms with Crippen molar-refractivity contribution in [3.63, 3.8) is 0 Å². The van der Waals surface area contributed by atoms with Crippen molar-refractivity contribution in [2.45, 2.75) is 19.4 Å². The van der Waals surface area contributed by atoms with Crippen molar-refractivity contribution in [3.05, 3.63) is 0 Å². The van der Waals surface area contributed by atoms with Gasteiger partial charge in [0, 0.05) is 6.61 Å². The highest BCUT2D eigenvalue weighted by Crippen LogP contribution is 1.89. The van der Waals surface area contributed by atoms with Crippen molar-refractivity contribution in [2.75, 3.05) is 39.6 Å². The summed E-state index contributed by atoms with van der Waals surface area (Å²) in [5, 5.41) is 17.5. The van der Waals surface area contributed by atoms with E-state index in [9.17, 15) is 9.90 Å². The summed E-state index contributed by atoms with van der Waals surface area (Å²) in [5.41, 5.74) is 0. The number of carbonyl (C=O) groups is 1. The fourth-order valence-corrected chi connectivity index (χ4v) is 0.914. The van der Waals surface area contributed by atoms with Gasteiger partial charge in [-0.15, -0.1) is 0 Å². The summed E-state index contributed by atoms with van der Waals surface area (Å²) in [5.74, 6) is -1.05. The predicted octanol–water partition coefficient (Wildman–Crippen LogP) is -0.108. The van der Waals surface area contributed by atoms with Gasteiger partial charge in [-0.2, -0.15) is 0 Å². The molecule has 0 saturated heterocycles. The molecule has 16 heavy (non-hydrogen) atoms. The Morgan fingerprint density at radius 1 is 1.12 bits per heavy atom. The third kappa shape index (κ3) is 11.4. The van der Waals surface area contributed by atoms with Gasteiger partial charge < -0.3 is 24.4 Å². The zero-order chi connectivity index (χ0) is 12.2. The summed E-state index contributed by atoms with van der Waals surface area (Å²) in [7, 11) is 0. The van der Waals surface area contributed by atoms with Gasteiger partial charge in [-0.25, -0.2) is 4.79 Å². The number of aliphatic hydroxyl groups excluding tert-OH is 1. The van der Waals surface area contributed by atoms with Gasteiger partial charge in [-0.1, -0.05) is 6.92 Å². The van der Waals surface area contributed by atoms with Crippen molar-refractivity contribution >= 4 is 5.97 Å². The first-order valence-electron chi connectivity index (χ1n) is 5.30. The number of aliphatic hydroxyl groups is 1. The molecule has 0 heterocycles. The number of carboxylic acids is 1. The van der Waals surface area contributed by atoms with Gasteiger partial charge in [0.2, 0.25) is 0 Å². The van der Waals surface area contributed by atoms with Gasteiger partial charge >= 0.3 is 5.97 Å². The summed E-state index contributed by atoms with van der Waals surface area (Å²) in [6.45, 7) is 3.30. The zero-order valence-corrected chi connectivity index (χ0v) is 9.55. The van der Waals surface area contributed by atoms with Crippen LogP contribution in [0.2, 0.25) is 0 Å². The van der Waals surface area contributed by atoms with E-state index >= 15 is 0 Å². The van der Waals surface area contributed by atoms with E-state index in [4.69, 9.17) is 19.3 Å². The lowest BCUT2D eigenvalue weighted by Crippen LogP contribution is -2.24. The molecule has 0 aromatic heterocycles. The maximum absolute atomic E-state index is 10.1. The number of hydrogen-bond donors (Lipinski definition) is 2. The summed E-state index contributed by atoms with van der Waals surface area (Å²) in [6, 6.07) is 0. The Hall–Kier alpha value is -0.690. The molecule has 0 bridgehead atoms. The lowest BCUT2D eigenvalue weighted by atomic mass is 10.4. The first-order valence-corrected chi connectivity index (χ1v) is 5.30. The van der Waals surface area contributed by atoms with Crippen molar-refractivity contribution in [3.8, 4) is 0 Å². The third-order valence-electron chi connectivity index (χ3n) is 1.57. The Labute approximate surface area is 95.1 Å². The van der Waals surface area contributed by atoms with Crippen LogP contribution in [0.3, 0.4) is 0 Å². The second kappa shape index (κ2) is 10.8. The van der Waals surface area contributed by atoms with Crippen LogP contribution in [0, 0.1) is 0 Å². The second-order valence-electron chi connectivity index (χ2n) is 3.25. The minimum Gasteiger partial charge on any atom is -0.480 e. The quantitative estimate of drug-likeness (QED) is 0.487. The van der Waals surface area contributed by atoms with Gasteiger partial charge in [-0.05, 0) is 6.42 Å². The highest BCUT2D eigenvalue weighted by Gasteiger charge is 2.05. The van der Waals surface area contributed by atoms with E-state index in [2.05, 4.69) is 0 Å².